The number of nitrogens with zero attached hydrogens (tertiary/aromatic N) is 1. The van der Waals surface area contributed by atoms with Gasteiger partial charge in [0.2, 0.25) is 5.91 Å². The molecule has 1 amide bonds. The van der Waals surface area contributed by atoms with Gasteiger partial charge in [-0.3, -0.25) is 4.79 Å². The van der Waals surface area contributed by atoms with E-state index in [1.54, 1.807) is 6.92 Å². The van der Waals surface area contributed by atoms with Crippen LogP contribution >= 0.6 is 0 Å². The molecule has 2 nitrogen and oxygen atoms in total. The van der Waals surface area contributed by atoms with Crippen molar-refractivity contribution in [3.8, 4) is 0 Å². The Bertz CT molecular complexity index is 245. The normalized spacial score (nSPS) is 30.9. The number of hydrogen-bond acceptors (Lipinski definition) is 1. The summed E-state index contributed by atoms with van der Waals surface area (Å²) in [5.41, 5.74) is 0. The summed E-state index contributed by atoms with van der Waals surface area (Å²) in [4.78, 5) is 13.9. The zero-order valence-corrected chi connectivity index (χ0v) is 10.7. The Labute approximate surface area is 99.4 Å². The Balaban J connectivity index is 1.91. The van der Waals surface area contributed by atoms with Crippen molar-refractivity contribution >= 4 is 5.91 Å². The van der Waals surface area contributed by atoms with E-state index in [0.717, 1.165) is 18.4 Å². The summed E-state index contributed by atoms with van der Waals surface area (Å²) in [7, 11) is 0. The predicted octanol–water partition coefficient (Wildman–Crippen LogP) is 3.21. The van der Waals surface area contributed by atoms with Gasteiger partial charge in [-0.15, -0.1) is 0 Å². The van der Waals surface area contributed by atoms with E-state index >= 15 is 0 Å². The van der Waals surface area contributed by atoms with Crippen LogP contribution in [-0.4, -0.2) is 23.4 Å². The Morgan fingerprint density at radius 1 is 1.19 bits per heavy atom. The van der Waals surface area contributed by atoms with Gasteiger partial charge in [-0.1, -0.05) is 19.8 Å². The first-order valence-electron chi connectivity index (χ1n) is 6.94. The summed E-state index contributed by atoms with van der Waals surface area (Å²) in [6.45, 7) is 5.10. The Morgan fingerprint density at radius 2 is 1.88 bits per heavy atom. The number of carbonyl (C=O) groups excluding carboxylic acids is 1. The fraction of sp³-hybridized carbons (Fsp3) is 0.929. The third-order valence-corrected chi connectivity index (χ3v) is 4.44. The maximum Gasteiger partial charge on any atom is 0.219 e. The van der Waals surface area contributed by atoms with E-state index in [-0.39, 0.29) is 0 Å². The highest BCUT2D eigenvalue weighted by Gasteiger charge is 2.30. The van der Waals surface area contributed by atoms with E-state index in [1.165, 1.54) is 44.9 Å². The van der Waals surface area contributed by atoms with Crippen molar-refractivity contribution in [2.45, 2.75) is 64.8 Å². The van der Waals surface area contributed by atoms with Gasteiger partial charge < -0.3 is 4.90 Å². The first kappa shape index (κ1) is 11.9. The standard InChI is InChI=1S/C14H25NO/c1-11-7-8-14(9-11)15(12(2)16)10-13-5-3-4-6-13/h11,13-14H,3-10H2,1-2H3. The molecule has 2 saturated carbocycles. The van der Waals surface area contributed by atoms with Gasteiger partial charge in [0.15, 0.2) is 0 Å². The maximum absolute atomic E-state index is 11.8. The average molecular weight is 223 g/mol. The first-order valence-corrected chi connectivity index (χ1v) is 6.94. The fourth-order valence-corrected chi connectivity index (χ4v) is 3.47. The molecule has 2 heteroatoms. The van der Waals surface area contributed by atoms with Crippen LogP contribution in [0, 0.1) is 11.8 Å². The van der Waals surface area contributed by atoms with Gasteiger partial charge in [0.25, 0.3) is 0 Å². The molecule has 0 aliphatic heterocycles. The van der Waals surface area contributed by atoms with Crippen molar-refractivity contribution in [3.63, 3.8) is 0 Å². The third-order valence-electron chi connectivity index (χ3n) is 4.44. The number of amides is 1. The van der Waals surface area contributed by atoms with Gasteiger partial charge in [-0.2, -0.15) is 0 Å². The molecule has 92 valence electrons. The minimum Gasteiger partial charge on any atom is -0.340 e. The van der Waals surface area contributed by atoms with Crippen LogP contribution in [0.4, 0.5) is 0 Å². The van der Waals surface area contributed by atoms with Crippen molar-refractivity contribution < 1.29 is 4.79 Å². The minimum absolute atomic E-state index is 0.297. The van der Waals surface area contributed by atoms with Crippen LogP contribution in [0.3, 0.4) is 0 Å². The number of hydrogen-bond donors (Lipinski definition) is 0. The lowest BCUT2D eigenvalue weighted by Gasteiger charge is -2.30. The molecular weight excluding hydrogens is 198 g/mol. The van der Waals surface area contributed by atoms with Crippen LogP contribution < -0.4 is 0 Å². The van der Waals surface area contributed by atoms with Gasteiger partial charge in [0.05, 0.1) is 0 Å². The fourth-order valence-electron chi connectivity index (χ4n) is 3.47. The van der Waals surface area contributed by atoms with Crippen molar-refractivity contribution in [2.75, 3.05) is 6.54 Å². The van der Waals surface area contributed by atoms with E-state index in [0.29, 0.717) is 11.9 Å². The number of rotatable bonds is 3. The molecule has 2 unspecified atom stereocenters. The van der Waals surface area contributed by atoms with Crippen LogP contribution in [0.5, 0.6) is 0 Å². The zero-order chi connectivity index (χ0) is 11.5. The molecule has 0 aromatic carbocycles. The molecule has 0 spiro atoms. The van der Waals surface area contributed by atoms with Crippen LogP contribution in [-0.2, 0) is 4.79 Å². The summed E-state index contributed by atoms with van der Waals surface area (Å²) < 4.78 is 0. The molecule has 2 atom stereocenters. The quantitative estimate of drug-likeness (QED) is 0.719. The van der Waals surface area contributed by atoms with E-state index in [1.807, 2.05) is 0 Å². The van der Waals surface area contributed by atoms with Gasteiger partial charge in [0.1, 0.15) is 0 Å². The highest BCUT2D eigenvalue weighted by molar-refractivity contribution is 5.73. The van der Waals surface area contributed by atoms with Crippen molar-refractivity contribution in [3.05, 3.63) is 0 Å². The summed E-state index contributed by atoms with van der Waals surface area (Å²) in [5.74, 6) is 1.90. The van der Waals surface area contributed by atoms with E-state index in [2.05, 4.69) is 11.8 Å². The second-order valence-corrected chi connectivity index (χ2v) is 5.89. The minimum atomic E-state index is 0.297. The monoisotopic (exact) mass is 223 g/mol. The molecular formula is C14H25NO. The molecule has 0 aromatic heterocycles. The molecule has 0 bridgehead atoms. The molecule has 16 heavy (non-hydrogen) atoms. The lowest BCUT2D eigenvalue weighted by molar-refractivity contribution is -0.131. The summed E-state index contributed by atoms with van der Waals surface area (Å²) >= 11 is 0. The summed E-state index contributed by atoms with van der Waals surface area (Å²) in [6.07, 6.45) is 9.19. The predicted molar refractivity (Wildman–Crippen MR) is 66.1 cm³/mol. The summed E-state index contributed by atoms with van der Waals surface area (Å²) in [5, 5.41) is 0. The van der Waals surface area contributed by atoms with Gasteiger partial charge >= 0.3 is 0 Å². The van der Waals surface area contributed by atoms with E-state index in [9.17, 15) is 4.79 Å². The zero-order valence-electron chi connectivity index (χ0n) is 10.7. The summed E-state index contributed by atoms with van der Waals surface area (Å²) in [6, 6.07) is 0.549. The van der Waals surface area contributed by atoms with Crippen molar-refractivity contribution in [1.82, 2.24) is 4.90 Å². The lowest BCUT2D eigenvalue weighted by atomic mass is 10.1. The molecule has 0 radical (unpaired) electrons. The molecule has 0 heterocycles. The second-order valence-electron chi connectivity index (χ2n) is 5.89. The Kier molecular flexibility index (Phi) is 3.88. The van der Waals surface area contributed by atoms with Crippen LogP contribution in [0.1, 0.15) is 58.8 Å². The van der Waals surface area contributed by atoms with Crippen LogP contribution in [0.25, 0.3) is 0 Å². The Hall–Kier alpha value is -0.530. The van der Waals surface area contributed by atoms with Crippen molar-refractivity contribution in [1.29, 1.82) is 0 Å². The van der Waals surface area contributed by atoms with E-state index < -0.39 is 0 Å². The smallest absolute Gasteiger partial charge is 0.219 e. The molecule has 0 aromatic rings. The molecule has 2 aliphatic carbocycles. The highest BCUT2D eigenvalue weighted by Crippen LogP contribution is 2.32. The average Bonchev–Trinajstić information content (AvgIpc) is 2.84. The van der Waals surface area contributed by atoms with Gasteiger partial charge in [0, 0.05) is 19.5 Å². The molecule has 2 fully saturated rings. The maximum atomic E-state index is 11.8. The lowest BCUT2D eigenvalue weighted by Crippen LogP contribution is -2.40. The SMILES string of the molecule is CC(=O)N(CC1CCCC1)C1CCC(C)C1. The molecule has 2 aliphatic rings. The molecule has 0 N–H and O–H groups in total. The second kappa shape index (κ2) is 5.20. The van der Waals surface area contributed by atoms with E-state index in [4.69, 9.17) is 0 Å². The largest absolute Gasteiger partial charge is 0.340 e. The third kappa shape index (κ3) is 2.78. The van der Waals surface area contributed by atoms with Gasteiger partial charge in [-0.05, 0) is 43.9 Å². The highest BCUT2D eigenvalue weighted by atomic mass is 16.2. The first-order chi connectivity index (χ1) is 7.66. The number of carbonyl (C=O) groups is 1. The Morgan fingerprint density at radius 3 is 2.38 bits per heavy atom. The van der Waals surface area contributed by atoms with Crippen molar-refractivity contribution in [2.24, 2.45) is 11.8 Å². The van der Waals surface area contributed by atoms with Crippen LogP contribution in [0.15, 0.2) is 0 Å². The molecule has 2 rings (SSSR count). The van der Waals surface area contributed by atoms with Crippen LogP contribution in [0.2, 0.25) is 0 Å². The van der Waals surface area contributed by atoms with Gasteiger partial charge in [-0.25, -0.2) is 0 Å². The molecule has 0 saturated heterocycles. The topological polar surface area (TPSA) is 20.3 Å².